The van der Waals surface area contributed by atoms with Gasteiger partial charge in [0.15, 0.2) is 5.78 Å². The number of carbonyl (C=O) groups excluding carboxylic acids is 1. The largest absolute Gasteiger partial charge is 0.491 e. The number of carbonyl (C=O) groups is 1. The number of hydrogen-bond donors (Lipinski definition) is 2. The molecule has 2 rings (SSSR count). The van der Waals surface area contributed by atoms with Crippen molar-refractivity contribution >= 4 is 5.78 Å². The van der Waals surface area contributed by atoms with Gasteiger partial charge in [-0.2, -0.15) is 0 Å². The SMILES string of the molecule is Cc1c(OCCO)cccc1C(=O)c1cccc(OCCO)c1C. The van der Waals surface area contributed by atoms with Crippen molar-refractivity contribution in [3.8, 4) is 11.5 Å². The quantitative estimate of drug-likeness (QED) is 0.726. The Kier molecular flexibility index (Phi) is 6.35. The fraction of sp³-hybridized carbons (Fsp3) is 0.316. The zero-order chi connectivity index (χ0) is 17.5. The molecule has 0 aliphatic carbocycles. The molecule has 2 N–H and O–H groups in total. The first-order valence-electron chi connectivity index (χ1n) is 7.81. The third-order valence-electron chi connectivity index (χ3n) is 3.76. The molecule has 0 bridgehead atoms. The first-order valence-corrected chi connectivity index (χ1v) is 7.81. The third kappa shape index (κ3) is 3.93. The topological polar surface area (TPSA) is 76.0 Å². The van der Waals surface area contributed by atoms with Gasteiger partial charge in [-0.1, -0.05) is 24.3 Å². The summed E-state index contributed by atoms with van der Waals surface area (Å²) in [6, 6.07) is 10.6. The molecule has 5 nitrogen and oxygen atoms in total. The van der Waals surface area contributed by atoms with Gasteiger partial charge in [-0.05, 0) is 26.0 Å². The zero-order valence-electron chi connectivity index (χ0n) is 13.9. The Labute approximate surface area is 141 Å². The van der Waals surface area contributed by atoms with E-state index in [2.05, 4.69) is 0 Å². The molecular formula is C19H22O5. The van der Waals surface area contributed by atoms with Gasteiger partial charge in [0.1, 0.15) is 24.7 Å². The summed E-state index contributed by atoms with van der Waals surface area (Å²) in [6.45, 7) is 3.84. The molecule has 0 fully saturated rings. The minimum Gasteiger partial charge on any atom is -0.491 e. The van der Waals surface area contributed by atoms with Crippen LogP contribution >= 0.6 is 0 Å². The van der Waals surface area contributed by atoms with E-state index in [1.807, 2.05) is 13.8 Å². The van der Waals surface area contributed by atoms with E-state index in [0.29, 0.717) is 22.6 Å². The first kappa shape index (κ1) is 18.0. The van der Waals surface area contributed by atoms with Gasteiger partial charge in [-0.15, -0.1) is 0 Å². The van der Waals surface area contributed by atoms with E-state index in [1.165, 1.54) is 0 Å². The second-order valence-electron chi connectivity index (χ2n) is 5.33. The molecule has 128 valence electrons. The van der Waals surface area contributed by atoms with Gasteiger partial charge >= 0.3 is 0 Å². The van der Waals surface area contributed by atoms with E-state index >= 15 is 0 Å². The smallest absolute Gasteiger partial charge is 0.193 e. The monoisotopic (exact) mass is 330 g/mol. The second-order valence-corrected chi connectivity index (χ2v) is 5.33. The maximum Gasteiger partial charge on any atom is 0.193 e. The van der Waals surface area contributed by atoms with Crippen LogP contribution in [0.1, 0.15) is 27.0 Å². The number of ketones is 1. The minimum absolute atomic E-state index is 0.0824. The molecule has 0 saturated heterocycles. The number of aliphatic hydroxyl groups excluding tert-OH is 2. The van der Waals surface area contributed by atoms with Crippen LogP contribution in [0, 0.1) is 13.8 Å². The Balaban J connectivity index is 2.35. The van der Waals surface area contributed by atoms with Crippen molar-refractivity contribution in [3.05, 3.63) is 58.7 Å². The van der Waals surface area contributed by atoms with Crippen LogP contribution in [-0.4, -0.2) is 42.4 Å². The summed E-state index contributed by atoms with van der Waals surface area (Å²) in [5.74, 6) is 1.05. The summed E-state index contributed by atoms with van der Waals surface area (Å²) >= 11 is 0. The van der Waals surface area contributed by atoms with Crippen LogP contribution in [-0.2, 0) is 0 Å². The Morgan fingerprint density at radius 2 is 1.25 bits per heavy atom. The van der Waals surface area contributed by atoms with Crippen LogP contribution in [0.3, 0.4) is 0 Å². The van der Waals surface area contributed by atoms with Crippen LogP contribution in [0.15, 0.2) is 36.4 Å². The van der Waals surface area contributed by atoms with E-state index < -0.39 is 0 Å². The van der Waals surface area contributed by atoms with E-state index in [1.54, 1.807) is 36.4 Å². The first-order chi connectivity index (χ1) is 11.6. The van der Waals surface area contributed by atoms with Crippen molar-refractivity contribution < 1.29 is 24.5 Å². The molecule has 24 heavy (non-hydrogen) atoms. The summed E-state index contributed by atoms with van der Waals surface area (Å²) in [6.07, 6.45) is 0. The maximum absolute atomic E-state index is 12.9. The lowest BCUT2D eigenvalue weighted by molar-refractivity contribution is 0.103. The molecule has 0 saturated carbocycles. The lowest BCUT2D eigenvalue weighted by atomic mass is 9.95. The summed E-state index contributed by atoms with van der Waals surface area (Å²) in [7, 11) is 0. The number of hydrogen-bond acceptors (Lipinski definition) is 5. The average molecular weight is 330 g/mol. The molecule has 0 radical (unpaired) electrons. The van der Waals surface area contributed by atoms with Crippen LogP contribution < -0.4 is 9.47 Å². The predicted molar refractivity (Wildman–Crippen MR) is 91.0 cm³/mol. The van der Waals surface area contributed by atoms with Crippen molar-refractivity contribution in [2.24, 2.45) is 0 Å². The standard InChI is InChI=1S/C19H22O5/c1-13-15(5-3-7-17(13)23-11-9-20)19(22)16-6-4-8-18(14(16)2)24-12-10-21/h3-8,20-21H,9-12H2,1-2H3. The summed E-state index contributed by atoms with van der Waals surface area (Å²) in [5, 5.41) is 17.8. The number of ether oxygens (including phenoxy) is 2. The zero-order valence-corrected chi connectivity index (χ0v) is 13.9. The van der Waals surface area contributed by atoms with Crippen LogP contribution in [0.5, 0.6) is 11.5 Å². The Morgan fingerprint density at radius 3 is 1.62 bits per heavy atom. The molecule has 0 unspecified atom stereocenters. The Bertz CT molecular complexity index is 649. The second kappa shape index (κ2) is 8.47. The Hall–Kier alpha value is -2.37. The van der Waals surface area contributed by atoms with E-state index in [9.17, 15) is 4.79 Å². The fourth-order valence-electron chi connectivity index (χ4n) is 2.49. The highest BCUT2D eigenvalue weighted by atomic mass is 16.5. The number of aliphatic hydroxyl groups is 2. The maximum atomic E-state index is 12.9. The van der Waals surface area contributed by atoms with Gasteiger partial charge < -0.3 is 19.7 Å². The number of rotatable bonds is 8. The minimum atomic E-state index is -0.117. The van der Waals surface area contributed by atoms with Crippen molar-refractivity contribution in [1.29, 1.82) is 0 Å². The molecule has 0 atom stereocenters. The molecule has 5 heteroatoms. The molecule has 0 amide bonds. The lowest BCUT2D eigenvalue weighted by Gasteiger charge is -2.14. The van der Waals surface area contributed by atoms with Gasteiger partial charge in [0.05, 0.1) is 13.2 Å². The molecule has 0 aliphatic heterocycles. The molecule has 2 aromatic carbocycles. The van der Waals surface area contributed by atoms with Crippen LogP contribution in [0.2, 0.25) is 0 Å². The molecule has 2 aromatic rings. The van der Waals surface area contributed by atoms with Crippen molar-refractivity contribution in [1.82, 2.24) is 0 Å². The van der Waals surface area contributed by atoms with Crippen LogP contribution in [0.4, 0.5) is 0 Å². The van der Waals surface area contributed by atoms with Gasteiger partial charge in [-0.3, -0.25) is 4.79 Å². The molecule has 0 spiro atoms. The van der Waals surface area contributed by atoms with Gasteiger partial charge in [0, 0.05) is 22.3 Å². The molecule has 0 aliphatic rings. The molecule has 0 aromatic heterocycles. The summed E-state index contributed by atoms with van der Waals surface area (Å²) < 4.78 is 10.9. The summed E-state index contributed by atoms with van der Waals surface area (Å²) in [4.78, 5) is 12.9. The van der Waals surface area contributed by atoms with Crippen molar-refractivity contribution in [3.63, 3.8) is 0 Å². The highest BCUT2D eigenvalue weighted by Crippen LogP contribution is 2.27. The van der Waals surface area contributed by atoms with E-state index in [-0.39, 0.29) is 32.2 Å². The highest BCUT2D eigenvalue weighted by molar-refractivity contribution is 6.11. The third-order valence-corrected chi connectivity index (χ3v) is 3.76. The van der Waals surface area contributed by atoms with Gasteiger partial charge in [0.2, 0.25) is 0 Å². The number of benzene rings is 2. The molecule has 0 heterocycles. The average Bonchev–Trinajstić information content (AvgIpc) is 2.59. The van der Waals surface area contributed by atoms with Crippen molar-refractivity contribution in [2.75, 3.05) is 26.4 Å². The van der Waals surface area contributed by atoms with E-state index in [4.69, 9.17) is 19.7 Å². The molecular weight excluding hydrogens is 308 g/mol. The highest BCUT2D eigenvalue weighted by Gasteiger charge is 2.18. The summed E-state index contributed by atoms with van der Waals surface area (Å²) in [5.41, 5.74) is 2.56. The van der Waals surface area contributed by atoms with Gasteiger partial charge in [-0.25, -0.2) is 0 Å². The lowest BCUT2D eigenvalue weighted by Crippen LogP contribution is -2.10. The fourth-order valence-corrected chi connectivity index (χ4v) is 2.49. The van der Waals surface area contributed by atoms with E-state index in [0.717, 1.165) is 11.1 Å². The Morgan fingerprint density at radius 1 is 0.833 bits per heavy atom. The van der Waals surface area contributed by atoms with Crippen LogP contribution in [0.25, 0.3) is 0 Å². The normalized spacial score (nSPS) is 10.5. The predicted octanol–water partition coefficient (Wildman–Crippen LogP) is 2.28. The van der Waals surface area contributed by atoms with Gasteiger partial charge in [0.25, 0.3) is 0 Å². The van der Waals surface area contributed by atoms with Crippen molar-refractivity contribution in [2.45, 2.75) is 13.8 Å².